The van der Waals surface area contributed by atoms with Crippen LogP contribution >= 0.6 is 11.6 Å². The Hall–Kier alpha value is -2.86. The Morgan fingerprint density at radius 3 is 2.41 bits per heavy atom. The largest absolute Gasteiger partial charge is 0.454 e. The zero-order valence-corrected chi connectivity index (χ0v) is 14.3. The van der Waals surface area contributed by atoms with Crippen LogP contribution in [-0.4, -0.2) is 4.98 Å². The SMILES string of the molecule is Fc1ccc2nc(-c3ccc(-c4ccc(Cl)c(C(F)(F)F)c4)o3)ccc2c1. The molecule has 0 aliphatic rings. The molecule has 4 aromatic rings. The molecule has 27 heavy (non-hydrogen) atoms. The van der Waals surface area contributed by atoms with E-state index in [1.165, 1.54) is 24.3 Å². The van der Waals surface area contributed by atoms with Gasteiger partial charge in [-0.15, -0.1) is 0 Å². The third-order valence-electron chi connectivity index (χ3n) is 4.07. The number of hydrogen-bond donors (Lipinski definition) is 0. The Kier molecular flexibility index (Phi) is 4.15. The molecule has 2 heterocycles. The van der Waals surface area contributed by atoms with Crippen LogP contribution in [0.1, 0.15) is 5.56 Å². The van der Waals surface area contributed by atoms with Gasteiger partial charge < -0.3 is 4.42 Å². The van der Waals surface area contributed by atoms with Crippen LogP contribution in [0.5, 0.6) is 0 Å². The molecular formula is C20H10ClF4NO. The molecule has 0 atom stereocenters. The number of fused-ring (bicyclic) bond motifs is 1. The minimum Gasteiger partial charge on any atom is -0.454 e. The van der Waals surface area contributed by atoms with Crippen LogP contribution in [0, 0.1) is 5.82 Å². The lowest BCUT2D eigenvalue weighted by atomic mass is 10.1. The van der Waals surface area contributed by atoms with Crippen molar-refractivity contribution in [3.63, 3.8) is 0 Å². The van der Waals surface area contributed by atoms with Gasteiger partial charge in [-0.2, -0.15) is 13.2 Å². The Morgan fingerprint density at radius 2 is 1.63 bits per heavy atom. The van der Waals surface area contributed by atoms with E-state index in [9.17, 15) is 17.6 Å². The lowest BCUT2D eigenvalue weighted by Crippen LogP contribution is -2.05. The molecule has 0 bridgehead atoms. The summed E-state index contributed by atoms with van der Waals surface area (Å²) in [4.78, 5) is 4.40. The monoisotopic (exact) mass is 391 g/mol. The van der Waals surface area contributed by atoms with Gasteiger partial charge in [0.2, 0.25) is 0 Å². The number of hydrogen-bond acceptors (Lipinski definition) is 2. The van der Waals surface area contributed by atoms with Gasteiger partial charge in [0.05, 0.1) is 16.1 Å². The maximum absolute atomic E-state index is 13.3. The van der Waals surface area contributed by atoms with Crippen molar-refractivity contribution in [1.82, 2.24) is 4.98 Å². The fourth-order valence-corrected chi connectivity index (χ4v) is 2.98. The number of pyridine rings is 1. The quantitative estimate of drug-likeness (QED) is 0.345. The zero-order chi connectivity index (χ0) is 19.2. The minimum absolute atomic E-state index is 0.251. The highest BCUT2D eigenvalue weighted by molar-refractivity contribution is 6.31. The molecular weight excluding hydrogens is 382 g/mol. The third-order valence-corrected chi connectivity index (χ3v) is 4.40. The van der Waals surface area contributed by atoms with Crippen molar-refractivity contribution in [2.75, 3.05) is 0 Å². The van der Waals surface area contributed by atoms with Crippen molar-refractivity contribution >= 4 is 22.5 Å². The van der Waals surface area contributed by atoms with E-state index in [0.717, 1.165) is 6.07 Å². The van der Waals surface area contributed by atoms with E-state index in [0.29, 0.717) is 22.4 Å². The van der Waals surface area contributed by atoms with Crippen LogP contribution in [0.25, 0.3) is 33.7 Å². The van der Waals surface area contributed by atoms with Gasteiger partial charge in [0.15, 0.2) is 5.76 Å². The van der Waals surface area contributed by atoms with Crippen LogP contribution in [0.4, 0.5) is 17.6 Å². The smallest absolute Gasteiger partial charge is 0.417 e. The molecule has 0 N–H and O–H groups in total. The molecule has 0 unspecified atom stereocenters. The Bertz CT molecular complexity index is 1150. The van der Waals surface area contributed by atoms with Crippen LogP contribution in [0.15, 0.2) is 65.1 Å². The van der Waals surface area contributed by atoms with Gasteiger partial charge in [-0.25, -0.2) is 9.37 Å². The van der Waals surface area contributed by atoms with Crippen molar-refractivity contribution in [1.29, 1.82) is 0 Å². The molecule has 2 aromatic heterocycles. The van der Waals surface area contributed by atoms with Crippen molar-refractivity contribution in [2.45, 2.75) is 6.18 Å². The third kappa shape index (κ3) is 3.40. The highest BCUT2D eigenvalue weighted by Gasteiger charge is 2.33. The van der Waals surface area contributed by atoms with Gasteiger partial charge in [-0.1, -0.05) is 17.7 Å². The van der Waals surface area contributed by atoms with Crippen molar-refractivity contribution < 1.29 is 22.0 Å². The second-order valence-corrected chi connectivity index (χ2v) is 6.30. The molecule has 2 aromatic carbocycles. The van der Waals surface area contributed by atoms with E-state index in [1.54, 1.807) is 30.3 Å². The van der Waals surface area contributed by atoms with Crippen LogP contribution in [-0.2, 0) is 6.18 Å². The molecule has 136 valence electrons. The van der Waals surface area contributed by atoms with E-state index in [1.807, 2.05) is 0 Å². The first kappa shape index (κ1) is 17.5. The van der Waals surface area contributed by atoms with Gasteiger partial charge >= 0.3 is 6.18 Å². The van der Waals surface area contributed by atoms with Crippen LogP contribution < -0.4 is 0 Å². The average Bonchev–Trinajstić information content (AvgIpc) is 3.11. The summed E-state index contributed by atoms with van der Waals surface area (Å²) in [6.45, 7) is 0. The fourth-order valence-electron chi connectivity index (χ4n) is 2.76. The molecule has 2 nitrogen and oxygen atoms in total. The number of rotatable bonds is 2. The first-order valence-corrected chi connectivity index (χ1v) is 8.23. The van der Waals surface area contributed by atoms with E-state index >= 15 is 0 Å². The zero-order valence-electron chi connectivity index (χ0n) is 13.5. The molecule has 0 aliphatic carbocycles. The van der Waals surface area contributed by atoms with Crippen LogP contribution in [0.2, 0.25) is 5.02 Å². The van der Waals surface area contributed by atoms with Crippen LogP contribution in [0.3, 0.4) is 0 Å². The second-order valence-electron chi connectivity index (χ2n) is 5.89. The summed E-state index contributed by atoms with van der Waals surface area (Å²) in [5, 5.41) is 0.263. The molecule has 0 radical (unpaired) electrons. The summed E-state index contributed by atoms with van der Waals surface area (Å²) < 4.78 is 58.1. The lowest BCUT2D eigenvalue weighted by Gasteiger charge is -2.10. The summed E-state index contributed by atoms with van der Waals surface area (Å²) in [6.07, 6.45) is -4.56. The number of aromatic nitrogens is 1. The van der Waals surface area contributed by atoms with Crippen molar-refractivity contribution in [3.05, 3.63) is 77.1 Å². The fraction of sp³-hybridized carbons (Fsp3) is 0.0500. The number of halogens is 5. The Morgan fingerprint density at radius 1 is 0.852 bits per heavy atom. The van der Waals surface area contributed by atoms with Gasteiger partial charge in [0, 0.05) is 10.9 Å². The molecule has 0 amide bonds. The van der Waals surface area contributed by atoms with Gasteiger partial charge in [0.1, 0.15) is 17.3 Å². The van der Waals surface area contributed by atoms with E-state index < -0.39 is 11.7 Å². The minimum atomic E-state index is -4.56. The van der Waals surface area contributed by atoms with Gasteiger partial charge in [-0.3, -0.25) is 0 Å². The number of alkyl halides is 3. The molecule has 4 rings (SSSR count). The molecule has 0 saturated heterocycles. The topological polar surface area (TPSA) is 26.0 Å². The van der Waals surface area contributed by atoms with Crippen molar-refractivity contribution in [3.8, 4) is 22.8 Å². The summed E-state index contributed by atoms with van der Waals surface area (Å²) in [5.41, 5.74) is 0.398. The van der Waals surface area contributed by atoms with E-state index in [4.69, 9.17) is 16.0 Å². The highest BCUT2D eigenvalue weighted by atomic mass is 35.5. The molecule has 7 heteroatoms. The molecule has 0 fully saturated rings. The van der Waals surface area contributed by atoms with Crippen molar-refractivity contribution in [2.24, 2.45) is 0 Å². The van der Waals surface area contributed by atoms with Gasteiger partial charge in [-0.05, 0) is 54.6 Å². The maximum Gasteiger partial charge on any atom is 0.417 e. The second kappa shape index (κ2) is 6.39. The average molecular weight is 392 g/mol. The number of benzene rings is 2. The molecule has 0 saturated carbocycles. The predicted molar refractivity (Wildman–Crippen MR) is 94.9 cm³/mol. The van der Waals surface area contributed by atoms with Gasteiger partial charge in [0.25, 0.3) is 0 Å². The first-order chi connectivity index (χ1) is 12.8. The maximum atomic E-state index is 13.3. The lowest BCUT2D eigenvalue weighted by molar-refractivity contribution is -0.137. The summed E-state index contributed by atoms with van der Waals surface area (Å²) >= 11 is 5.65. The Labute approximate surface area is 156 Å². The normalized spacial score (nSPS) is 11.9. The van der Waals surface area contributed by atoms with E-state index in [-0.39, 0.29) is 22.2 Å². The van der Waals surface area contributed by atoms with E-state index in [2.05, 4.69) is 4.98 Å². The molecule has 0 aliphatic heterocycles. The number of nitrogens with zero attached hydrogens (tertiary/aromatic N) is 1. The predicted octanol–water partition coefficient (Wildman–Crippen LogP) is 6.97. The standard InChI is InChI=1S/C20H10ClF4NO/c21-15-4-1-12(10-14(15)20(23,24)25)18-7-8-19(27-18)17-5-2-11-9-13(22)3-6-16(11)26-17/h1-10H. The number of furan rings is 1. The summed E-state index contributed by atoms with van der Waals surface area (Å²) in [6, 6.07) is 14.4. The molecule has 0 spiro atoms. The Balaban J connectivity index is 1.73. The highest BCUT2D eigenvalue weighted by Crippen LogP contribution is 2.38. The summed E-state index contributed by atoms with van der Waals surface area (Å²) in [5.74, 6) is 0.286. The summed E-state index contributed by atoms with van der Waals surface area (Å²) in [7, 11) is 0. The first-order valence-electron chi connectivity index (χ1n) is 7.85.